The first-order valence-corrected chi connectivity index (χ1v) is 5.40. The smallest absolute Gasteiger partial charge is 0.359 e. The van der Waals surface area contributed by atoms with Crippen molar-refractivity contribution in [1.29, 1.82) is 0 Å². The van der Waals surface area contributed by atoms with Crippen LogP contribution in [0.1, 0.15) is 37.7 Å². The van der Waals surface area contributed by atoms with Crippen LogP contribution in [-0.4, -0.2) is 21.9 Å². The van der Waals surface area contributed by atoms with Gasteiger partial charge in [-0.05, 0) is 19.3 Å². The van der Waals surface area contributed by atoms with Crippen molar-refractivity contribution in [2.45, 2.75) is 33.3 Å². The van der Waals surface area contributed by atoms with E-state index in [0.29, 0.717) is 17.3 Å². The number of nitrogen functional groups attached to an aromatic ring is 1. The summed E-state index contributed by atoms with van der Waals surface area (Å²) in [5, 5.41) is 3.90. The van der Waals surface area contributed by atoms with E-state index in [0.717, 1.165) is 6.42 Å². The zero-order valence-corrected chi connectivity index (χ0v) is 10.2. The van der Waals surface area contributed by atoms with Gasteiger partial charge >= 0.3 is 5.97 Å². The maximum Gasteiger partial charge on any atom is 0.359 e. The number of esters is 1. The number of anilines is 1. The zero-order valence-electron chi connectivity index (χ0n) is 10.2. The summed E-state index contributed by atoms with van der Waals surface area (Å²) < 4.78 is 6.72. The Labute approximate surface area is 95.6 Å². The minimum atomic E-state index is -0.411. The van der Waals surface area contributed by atoms with E-state index in [1.54, 1.807) is 7.05 Å². The number of nitrogens with two attached hydrogens (primary N) is 1. The molecule has 0 aromatic carbocycles. The van der Waals surface area contributed by atoms with E-state index < -0.39 is 5.97 Å². The van der Waals surface area contributed by atoms with Crippen LogP contribution < -0.4 is 5.73 Å². The van der Waals surface area contributed by atoms with E-state index in [2.05, 4.69) is 18.9 Å². The molecule has 2 N–H and O–H groups in total. The minimum Gasteiger partial charge on any atom is -0.458 e. The first kappa shape index (κ1) is 12.5. The molecule has 1 unspecified atom stereocenters. The molecule has 0 fully saturated rings. The lowest BCUT2D eigenvalue weighted by molar-refractivity contribution is 0.0288. The molecule has 1 atom stereocenters. The summed E-state index contributed by atoms with van der Waals surface area (Å²) in [5.74, 6) is 0.0809. The van der Waals surface area contributed by atoms with E-state index in [-0.39, 0.29) is 6.10 Å². The van der Waals surface area contributed by atoms with Gasteiger partial charge in [0.2, 0.25) is 0 Å². The predicted molar refractivity (Wildman–Crippen MR) is 62.0 cm³/mol. The Morgan fingerprint density at radius 2 is 2.19 bits per heavy atom. The summed E-state index contributed by atoms with van der Waals surface area (Å²) in [6.07, 6.45) is 2.18. The largest absolute Gasteiger partial charge is 0.458 e. The van der Waals surface area contributed by atoms with Crippen molar-refractivity contribution in [3.8, 4) is 0 Å². The summed E-state index contributed by atoms with van der Waals surface area (Å²) in [4.78, 5) is 11.8. The Hall–Kier alpha value is -1.52. The summed E-state index contributed by atoms with van der Waals surface area (Å²) in [7, 11) is 1.67. The Morgan fingerprint density at radius 1 is 1.56 bits per heavy atom. The van der Waals surface area contributed by atoms with Gasteiger partial charge in [-0.15, -0.1) is 0 Å². The third kappa shape index (κ3) is 2.98. The first-order valence-electron chi connectivity index (χ1n) is 5.40. The number of ether oxygens (including phenoxy) is 1. The van der Waals surface area contributed by atoms with E-state index >= 15 is 0 Å². The van der Waals surface area contributed by atoms with Crippen LogP contribution in [0.2, 0.25) is 0 Å². The predicted octanol–water partition coefficient (Wildman–Crippen LogP) is 1.59. The van der Waals surface area contributed by atoms with Crippen LogP contribution in [0, 0.1) is 5.92 Å². The van der Waals surface area contributed by atoms with Crippen LogP contribution in [0.3, 0.4) is 0 Å². The number of aryl methyl sites for hydroxylation is 1. The normalized spacial score (nSPS) is 12.8. The highest BCUT2D eigenvalue weighted by molar-refractivity contribution is 5.93. The standard InChI is InChI=1S/C11H19N3O2/c1-7(2)5-8(3)16-11(15)10-9(12)6-13-14(10)4/h6-8H,5,12H2,1-4H3. The van der Waals surface area contributed by atoms with E-state index in [1.165, 1.54) is 10.9 Å². The topological polar surface area (TPSA) is 70.1 Å². The van der Waals surface area contributed by atoms with Crippen LogP contribution in [0.15, 0.2) is 6.20 Å². The number of nitrogens with zero attached hydrogens (tertiary/aromatic N) is 2. The Kier molecular flexibility index (Phi) is 3.93. The second kappa shape index (κ2) is 5.01. The lowest BCUT2D eigenvalue weighted by atomic mass is 10.1. The first-order chi connectivity index (χ1) is 7.41. The molecule has 1 aromatic heterocycles. The van der Waals surface area contributed by atoms with Gasteiger partial charge in [-0.2, -0.15) is 5.10 Å². The SMILES string of the molecule is CC(C)CC(C)OC(=O)c1c(N)cnn1C. The summed E-state index contributed by atoms with van der Waals surface area (Å²) in [5.41, 5.74) is 6.30. The zero-order chi connectivity index (χ0) is 12.3. The number of hydrogen-bond acceptors (Lipinski definition) is 4. The number of aromatic nitrogens is 2. The van der Waals surface area contributed by atoms with Crippen molar-refractivity contribution in [3.63, 3.8) is 0 Å². The lowest BCUT2D eigenvalue weighted by Crippen LogP contribution is -2.20. The molecular weight excluding hydrogens is 206 g/mol. The molecule has 0 spiro atoms. The minimum absolute atomic E-state index is 0.109. The van der Waals surface area contributed by atoms with Crippen LogP contribution >= 0.6 is 0 Å². The van der Waals surface area contributed by atoms with Crippen molar-refractivity contribution in [3.05, 3.63) is 11.9 Å². The maximum absolute atomic E-state index is 11.8. The molecule has 5 nitrogen and oxygen atoms in total. The van der Waals surface area contributed by atoms with Crippen LogP contribution in [0.5, 0.6) is 0 Å². The molecule has 0 saturated carbocycles. The fraction of sp³-hybridized carbons (Fsp3) is 0.636. The molecule has 90 valence electrons. The summed E-state index contributed by atoms with van der Waals surface area (Å²) in [6, 6.07) is 0. The Morgan fingerprint density at radius 3 is 2.62 bits per heavy atom. The molecule has 1 aromatic rings. The van der Waals surface area contributed by atoms with Crippen molar-refractivity contribution in [2.24, 2.45) is 13.0 Å². The van der Waals surface area contributed by atoms with Gasteiger partial charge < -0.3 is 10.5 Å². The van der Waals surface area contributed by atoms with Crippen molar-refractivity contribution < 1.29 is 9.53 Å². The van der Waals surface area contributed by atoms with Crippen molar-refractivity contribution in [1.82, 2.24) is 9.78 Å². The monoisotopic (exact) mass is 225 g/mol. The van der Waals surface area contributed by atoms with Gasteiger partial charge in [0.05, 0.1) is 18.0 Å². The van der Waals surface area contributed by atoms with Gasteiger partial charge in [0.15, 0.2) is 5.69 Å². The highest BCUT2D eigenvalue weighted by atomic mass is 16.5. The quantitative estimate of drug-likeness (QED) is 0.790. The maximum atomic E-state index is 11.8. The second-order valence-corrected chi connectivity index (χ2v) is 4.42. The van der Waals surface area contributed by atoms with E-state index in [9.17, 15) is 4.79 Å². The molecule has 0 bridgehead atoms. The number of carbonyl (C=O) groups excluding carboxylic acids is 1. The van der Waals surface area contributed by atoms with Crippen LogP contribution in [-0.2, 0) is 11.8 Å². The van der Waals surface area contributed by atoms with Crippen LogP contribution in [0.25, 0.3) is 0 Å². The van der Waals surface area contributed by atoms with E-state index in [4.69, 9.17) is 10.5 Å². The van der Waals surface area contributed by atoms with Gasteiger partial charge in [-0.25, -0.2) is 4.79 Å². The van der Waals surface area contributed by atoms with Crippen LogP contribution in [0.4, 0.5) is 5.69 Å². The van der Waals surface area contributed by atoms with Crippen molar-refractivity contribution >= 4 is 11.7 Å². The fourth-order valence-corrected chi connectivity index (χ4v) is 1.65. The highest BCUT2D eigenvalue weighted by Gasteiger charge is 2.19. The Balaban J connectivity index is 2.66. The molecule has 0 aliphatic heterocycles. The molecule has 0 saturated heterocycles. The molecule has 1 heterocycles. The van der Waals surface area contributed by atoms with Gasteiger partial charge in [0, 0.05) is 7.05 Å². The highest BCUT2D eigenvalue weighted by Crippen LogP contribution is 2.14. The fourth-order valence-electron chi connectivity index (χ4n) is 1.65. The molecule has 0 aliphatic rings. The van der Waals surface area contributed by atoms with Gasteiger partial charge in [0.25, 0.3) is 0 Å². The molecule has 0 radical (unpaired) electrons. The number of hydrogen-bond donors (Lipinski definition) is 1. The molecule has 0 aliphatic carbocycles. The van der Waals surface area contributed by atoms with Gasteiger partial charge in [0.1, 0.15) is 0 Å². The van der Waals surface area contributed by atoms with Gasteiger partial charge in [-0.3, -0.25) is 4.68 Å². The van der Waals surface area contributed by atoms with E-state index in [1.807, 2.05) is 6.92 Å². The molecule has 16 heavy (non-hydrogen) atoms. The van der Waals surface area contributed by atoms with Crippen molar-refractivity contribution in [2.75, 3.05) is 5.73 Å². The molecule has 1 rings (SSSR count). The summed E-state index contributed by atoms with van der Waals surface area (Å²) in [6.45, 7) is 6.05. The lowest BCUT2D eigenvalue weighted by Gasteiger charge is -2.15. The molecule has 0 amide bonds. The average Bonchev–Trinajstić information content (AvgIpc) is 2.44. The molecular formula is C11H19N3O2. The second-order valence-electron chi connectivity index (χ2n) is 4.42. The number of carbonyl (C=O) groups is 1. The van der Waals surface area contributed by atoms with Gasteiger partial charge in [-0.1, -0.05) is 13.8 Å². The summed E-state index contributed by atoms with van der Waals surface area (Å²) >= 11 is 0. The number of rotatable bonds is 4. The third-order valence-corrected chi connectivity index (χ3v) is 2.27. The Bertz CT molecular complexity index is 352. The average molecular weight is 225 g/mol. The third-order valence-electron chi connectivity index (χ3n) is 2.27. The molecule has 5 heteroatoms.